The van der Waals surface area contributed by atoms with Gasteiger partial charge in [0.1, 0.15) is 0 Å². The zero-order chi connectivity index (χ0) is 16.4. The third kappa shape index (κ3) is 3.23. The van der Waals surface area contributed by atoms with Crippen LogP contribution in [0.2, 0.25) is 0 Å². The van der Waals surface area contributed by atoms with Crippen LogP contribution in [0.4, 0.5) is 0 Å². The number of benzene rings is 1. The minimum absolute atomic E-state index is 0.137. The second-order valence-corrected chi connectivity index (χ2v) is 5.85. The Labute approximate surface area is 134 Å². The number of aromatic nitrogens is 3. The number of aryl methyl sites for hydroxylation is 1. The number of hydrogen-bond acceptors (Lipinski definition) is 4. The molecule has 1 saturated heterocycles. The molecule has 7 heteroatoms. The lowest BCUT2D eigenvalue weighted by Gasteiger charge is -2.29. The van der Waals surface area contributed by atoms with Gasteiger partial charge in [-0.2, -0.15) is 0 Å². The van der Waals surface area contributed by atoms with E-state index in [2.05, 4.69) is 10.3 Å². The maximum Gasteiger partial charge on any atom is 0.276 e. The molecule has 2 aromatic rings. The average Bonchev–Trinajstić information content (AvgIpc) is 3.05. The van der Waals surface area contributed by atoms with E-state index in [1.807, 2.05) is 31.2 Å². The summed E-state index contributed by atoms with van der Waals surface area (Å²) in [6.45, 7) is 3.05. The molecule has 0 aliphatic carbocycles. The second-order valence-electron chi connectivity index (χ2n) is 5.85. The summed E-state index contributed by atoms with van der Waals surface area (Å²) in [7, 11) is 0. The number of rotatable bonds is 3. The van der Waals surface area contributed by atoms with Crippen molar-refractivity contribution in [2.45, 2.75) is 19.8 Å². The van der Waals surface area contributed by atoms with Gasteiger partial charge in [-0.05, 0) is 31.9 Å². The molecular weight excluding hydrogens is 294 g/mol. The highest BCUT2D eigenvalue weighted by Gasteiger charge is 2.27. The van der Waals surface area contributed by atoms with Crippen molar-refractivity contribution in [1.82, 2.24) is 19.9 Å². The third-order valence-electron chi connectivity index (χ3n) is 4.20. The van der Waals surface area contributed by atoms with E-state index in [1.54, 1.807) is 15.8 Å². The lowest BCUT2D eigenvalue weighted by atomic mass is 9.96. The lowest BCUT2D eigenvalue weighted by Crippen LogP contribution is -2.41. The van der Waals surface area contributed by atoms with E-state index in [9.17, 15) is 9.59 Å². The molecule has 1 aliphatic heterocycles. The van der Waals surface area contributed by atoms with Crippen LogP contribution in [0.1, 0.15) is 28.9 Å². The summed E-state index contributed by atoms with van der Waals surface area (Å²) in [5.74, 6) is -0.587. The van der Waals surface area contributed by atoms with E-state index in [1.165, 1.54) is 0 Å². The Morgan fingerprint density at radius 2 is 1.83 bits per heavy atom. The van der Waals surface area contributed by atoms with Gasteiger partial charge in [-0.1, -0.05) is 22.9 Å². The number of primary amides is 1. The maximum absolute atomic E-state index is 12.5. The Kier molecular flexibility index (Phi) is 4.10. The van der Waals surface area contributed by atoms with E-state index >= 15 is 0 Å². The first-order valence-electron chi connectivity index (χ1n) is 7.62. The standard InChI is InChI=1S/C16H19N5O2/c1-11-2-4-13(5-3-11)21-10-14(18-19-21)16(23)20-8-6-12(7-9-20)15(17)22/h2-5,10,12H,6-9H2,1H3,(H2,17,22). The van der Waals surface area contributed by atoms with Gasteiger partial charge in [-0.15, -0.1) is 5.10 Å². The summed E-state index contributed by atoms with van der Waals surface area (Å²) < 4.78 is 1.59. The largest absolute Gasteiger partial charge is 0.369 e. The van der Waals surface area contributed by atoms with Crippen LogP contribution in [-0.4, -0.2) is 44.8 Å². The Morgan fingerprint density at radius 1 is 1.17 bits per heavy atom. The van der Waals surface area contributed by atoms with E-state index in [4.69, 9.17) is 5.73 Å². The molecular formula is C16H19N5O2. The van der Waals surface area contributed by atoms with Crippen LogP contribution < -0.4 is 5.73 Å². The minimum atomic E-state index is -0.289. The van der Waals surface area contributed by atoms with Gasteiger partial charge in [-0.25, -0.2) is 4.68 Å². The van der Waals surface area contributed by atoms with Gasteiger partial charge in [0.25, 0.3) is 5.91 Å². The summed E-state index contributed by atoms with van der Waals surface area (Å²) in [4.78, 5) is 25.3. The van der Waals surface area contributed by atoms with Gasteiger partial charge in [-0.3, -0.25) is 9.59 Å². The number of likely N-dealkylation sites (tertiary alicyclic amines) is 1. The SMILES string of the molecule is Cc1ccc(-n2cc(C(=O)N3CCC(C(N)=O)CC3)nn2)cc1. The molecule has 1 aromatic carbocycles. The van der Waals surface area contributed by atoms with Gasteiger partial charge in [0.15, 0.2) is 5.69 Å². The first-order valence-corrected chi connectivity index (χ1v) is 7.62. The lowest BCUT2D eigenvalue weighted by molar-refractivity contribution is -0.123. The quantitative estimate of drug-likeness (QED) is 0.911. The van der Waals surface area contributed by atoms with Crippen molar-refractivity contribution in [2.24, 2.45) is 11.7 Å². The van der Waals surface area contributed by atoms with Gasteiger partial charge in [0.2, 0.25) is 5.91 Å². The molecule has 0 spiro atoms. The molecule has 1 fully saturated rings. The number of amides is 2. The smallest absolute Gasteiger partial charge is 0.276 e. The predicted molar refractivity (Wildman–Crippen MR) is 83.9 cm³/mol. The van der Waals surface area contributed by atoms with Gasteiger partial charge in [0.05, 0.1) is 11.9 Å². The van der Waals surface area contributed by atoms with Gasteiger partial charge < -0.3 is 10.6 Å². The van der Waals surface area contributed by atoms with Crippen molar-refractivity contribution < 1.29 is 9.59 Å². The number of carbonyl (C=O) groups is 2. The molecule has 3 rings (SSSR count). The molecule has 120 valence electrons. The minimum Gasteiger partial charge on any atom is -0.369 e. The summed E-state index contributed by atoms with van der Waals surface area (Å²) >= 11 is 0. The maximum atomic E-state index is 12.5. The zero-order valence-electron chi connectivity index (χ0n) is 13.0. The molecule has 2 N–H and O–H groups in total. The molecule has 0 unspecified atom stereocenters. The monoisotopic (exact) mass is 313 g/mol. The molecule has 2 heterocycles. The van der Waals surface area contributed by atoms with Crippen molar-refractivity contribution >= 4 is 11.8 Å². The highest BCUT2D eigenvalue weighted by atomic mass is 16.2. The van der Waals surface area contributed by atoms with Crippen LogP contribution in [0.3, 0.4) is 0 Å². The summed E-state index contributed by atoms with van der Waals surface area (Å²) in [5, 5.41) is 7.99. The fraction of sp³-hybridized carbons (Fsp3) is 0.375. The van der Waals surface area contributed by atoms with Gasteiger partial charge in [0, 0.05) is 19.0 Å². The third-order valence-corrected chi connectivity index (χ3v) is 4.20. The first kappa shape index (κ1) is 15.2. The van der Waals surface area contributed by atoms with E-state index in [0.717, 1.165) is 11.3 Å². The summed E-state index contributed by atoms with van der Waals surface area (Å²) in [5.41, 5.74) is 7.63. The van der Waals surface area contributed by atoms with Crippen molar-refractivity contribution in [3.8, 4) is 5.69 Å². The zero-order valence-corrected chi connectivity index (χ0v) is 13.0. The van der Waals surface area contributed by atoms with Crippen LogP contribution in [0, 0.1) is 12.8 Å². The van der Waals surface area contributed by atoms with Crippen LogP contribution in [0.15, 0.2) is 30.5 Å². The summed E-state index contributed by atoms with van der Waals surface area (Å²) in [6, 6.07) is 7.81. The number of piperidine rings is 1. The van der Waals surface area contributed by atoms with Crippen molar-refractivity contribution in [3.63, 3.8) is 0 Å². The number of nitrogens with two attached hydrogens (primary N) is 1. The highest BCUT2D eigenvalue weighted by Crippen LogP contribution is 2.18. The average molecular weight is 313 g/mol. The molecule has 23 heavy (non-hydrogen) atoms. The molecule has 0 atom stereocenters. The Morgan fingerprint density at radius 3 is 2.43 bits per heavy atom. The number of hydrogen-bond donors (Lipinski definition) is 1. The molecule has 2 amide bonds. The Hall–Kier alpha value is -2.70. The normalized spacial score (nSPS) is 15.6. The van der Waals surface area contributed by atoms with E-state index in [-0.39, 0.29) is 17.7 Å². The van der Waals surface area contributed by atoms with Crippen LogP contribution in [-0.2, 0) is 4.79 Å². The van der Waals surface area contributed by atoms with E-state index in [0.29, 0.717) is 31.6 Å². The molecule has 0 bridgehead atoms. The predicted octanol–water partition coefficient (Wildman–Crippen LogP) is 0.913. The molecule has 1 aromatic heterocycles. The van der Waals surface area contributed by atoms with E-state index < -0.39 is 0 Å². The topological polar surface area (TPSA) is 94.1 Å². The second kappa shape index (κ2) is 6.20. The van der Waals surface area contributed by atoms with Gasteiger partial charge >= 0.3 is 0 Å². The molecule has 0 saturated carbocycles. The van der Waals surface area contributed by atoms with Crippen molar-refractivity contribution in [3.05, 3.63) is 41.7 Å². The fourth-order valence-electron chi connectivity index (χ4n) is 2.71. The fourth-order valence-corrected chi connectivity index (χ4v) is 2.71. The Balaban J connectivity index is 1.69. The molecule has 0 radical (unpaired) electrons. The van der Waals surface area contributed by atoms with Crippen molar-refractivity contribution in [1.29, 1.82) is 0 Å². The molecule has 1 aliphatic rings. The van der Waals surface area contributed by atoms with Crippen LogP contribution >= 0.6 is 0 Å². The number of nitrogens with zero attached hydrogens (tertiary/aromatic N) is 4. The van der Waals surface area contributed by atoms with Crippen molar-refractivity contribution in [2.75, 3.05) is 13.1 Å². The Bertz CT molecular complexity index is 714. The van der Waals surface area contributed by atoms with Crippen LogP contribution in [0.5, 0.6) is 0 Å². The highest BCUT2D eigenvalue weighted by molar-refractivity contribution is 5.92. The van der Waals surface area contributed by atoms with Crippen LogP contribution in [0.25, 0.3) is 5.69 Å². The molecule has 7 nitrogen and oxygen atoms in total. The summed E-state index contributed by atoms with van der Waals surface area (Å²) in [6.07, 6.45) is 2.84. The number of carbonyl (C=O) groups excluding carboxylic acids is 2. The first-order chi connectivity index (χ1) is 11.0.